The molecule has 0 radical (unpaired) electrons. The van der Waals surface area contributed by atoms with Crippen LogP contribution in [0.5, 0.6) is 0 Å². The molecule has 12 heterocycles. The molecule has 103 heavy (non-hydrogen) atoms. The topological polar surface area (TPSA) is 255 Å². The van der Waals surface area contributed by atoms with Gasteiger partial charge in [0.15, 0.2) is 17.3 Å². The zero-order valence-corrected chi connectivity index (χ0v) is 62.1. The first kappa shape index (κ1) is 73.3. The maximum atomic E-state index is 11.9. The number of ketones is 3. The van der Waals surface area contributed by atoms with Gasteiger partial charge in [-0.3, -0.25) is 43.7 Å². The molecule has 6 aliphatic rings. The normalized spacial score (nSPS) is 22.2. The standard InChI is InChI=1S/C27H28N4O2S2.2C26H26N4O2S2/c1-17(22-3-2-4-23(31-22)19-10-12-34-16-19)29-20-7-5-18(6-8-20)13-26-28-11-9-21(30-26)14-25-24(32)15-27(33)35-25;2*31-22-15-26(32)34-24(22)14-19-10-11-27-25(30-19)13-17-6-8-18(9-7-17)28-16-20-3-1-4-21(29-20)23-5-2-12-33-23/h2-4,9-12,14,16-18,20,29H,5-8,13,15H2,1H3;2*1-5,10-12,14,17-18,28H,6-9,13,15-16H2/b25-14-;2*24-14-. The molecule has 1 atom stereocenters. The van der Waals surface area contributed by atoms with E-state index >= 15 is 0 Å². The number of allylic oxidation sites excluding steroid dienone is 3. The van der Waals surface area contributed by atoms with E-state index in [1.165, 1.54) is 15.3 Å². The van der Waals surface area contributed by atoms with Crippen LogP contribution in [0.4, 0.5) is 0 Å². The monoisotopic (exact) mass is 1480 g/mol. The van der Waals surface area contributed by atoms with Crippen molar-refractivity contribution in [3.05, 3.63) is 210 Å². The van der Waals surface area contributed by atoms with Crippen LogP contribution in [0, 0.1) is 17.8 Å². The number of Topliss-reactive ketones (excluding diaryl/α,β-unsaturated/α-hetero) is 3. The van der Waals surface area contributed by atoms with Crippen molar-refractivity contribution in [1.82, 2.24) is 60.8 Å². The first-order valence-corrected chi connectivity index (χ1v) is 40.5. The smallest absolute Gasteiger partial charge is 0.201 e. The van der Waals surface area contributed by atoms with Gasteiger partial charge in [-0.1, -0.05) is 30.3 Å². The maximum absolute atomic E-state index is 11.9. The first-order valence-electron chi connectivity index (χ1n) is 35.3. The minimum atomic E-state index is -0.117. The van der Waals surface area contributed by atoms with E-state index in [2.05, 4.69) is 159 Å². The predicted molar refractivity (Wildman–Crippen MR) is 413 cm³/mol. The van der Waals surface area contributed by atoms with E-state index in [0.29, 0.717) is 67.7 Å². The van der Waals surface area contributed by atoms with Crippen molar-refractivity contribution >= 4 is 120 Å². The van der Waals surface area contributed by atoms with Gasteiger partial charge >= 0.3 is 0 Å². The number of rotatable bonds is 21. The second-order valence-corrected chi connectivity index (χ2v) is 32.8. The summed E-state index contributed by atoms with van der Waals surface area (Å²) in [6, 6.07) is 36.2. The number of thioether (sulfide) groups is 3. The summed E-state index contributed by atoms with van der Waals surface area (Å²) in [5, 5.41) is 19.3. The highest BCUT2D eigenvalue weighted by atomic mass is 32.2. The number of nitrogens with zero attached hydrogens (tertiary/aromatic N) is 9. The van der Waals surface area contributed by atoms with Crippen LogP contribution >= 0.6 is 69.3 Å². The number of aromatic nitrogens is 9. The molecule has 1 unspecified atom stereocenters. The Morgan fingerprint density at radius 1 is 0.427 bits per heavy atom. The molecule has 3 aliphatic heterocycles. The summed E-state index contributed by atoms with van der Waals surface area (Å²) in [5.74, 6) is 3.74. The van der Waals surface area contributed by atoms with Gasteiger partial charge in [0.05, 0.1) is 95.0 Å². The average molecular weight is 1490 g/mol. The fourth-order valence-electron chi connectivity index (χ4n) is 13.7. The summed E-state index contributed by atoms with van der Waals surface area (Å²) in [6.07, 6.45) is 26.4. The fourth-order valence-corrected chi connectivity index (χ4v) is 18.2. The summed E-state index contributed by atoms with van der Waals surface area (Å²) in [4.78, 5) is 116. The second kappa shape index (κ2) is 36.1. The Morgan fingerprint density at radius 3 is 1.21 bits per heavy atom. The second-order valence-electron chi connectivity index (χ2n) is 26.8. The van der Waals surface area contributed by atoms with Crippen molar-refractivity contribution in [3.63, 3.8) is 0 Å². The molecular weight excluding hydrogens is 1410 g/mol. The molecule has 3 aliphatic carbocycles. The summed E-state index contributed by atoms with van der Waals surface area (Å²) in [6.45, 7) is 3.77. The largest absolute Gasteiger partial charge is 0.308 e. The molecule has 3 N–H and O–H groups in total. The predicted octanol–water partition coefficient (Wildman–Crippen LogP) is 15.8. The quantitative estimate of drug-likeness (QED) is 0.0446. The minimum Gasteiger partial charge on any atom is -0.308 e. The van der Waals surface area contributed by atoms with Crippen molar-refractivity contribution in [2.45, 2.75) is 160 Å². The van der Waals surface area contributed by atoms with Crippen LogP contribution in [-0.4, -0.2) is 95.7 Å². The Balaban J connectivity index is 0.000000138. The average Bonchev–Trinajstić information content (AvgIpc) is 1.87. The third kappa shape index (κ3) is 21.3. The van der Waals surface area contributed by atoms with E-state index < -0.39 is 0 Å². The maximum Gasteiger partial charge on any atom is 0.201 e. The summed E-state index contributed by atoms with van der Waals surface area (Å²) < 4.78 is 0. The third-order valence-electron chi connectivity index (χ3n) is 19.2. The molecule has 0 spiro atoms. The van der Waals surface area contributed by atoms with Gasteiger partial charge in [-0.15, -0.1) is 22.7 Å². The van der Waals surface area contributed by atoms with Gasteiger partial charge in [0.1, 0.15) is 17.5 Å². The molecule has 0 aromatic carbocycles. The van der Waals surface area contributed by atoms with Crippen LogP contribution in [-0.2, 0) is 61.1 Å². The van der Waals surface area contributed by atoms with Crippen LogP contribution in [0.15, 0.2) is 158 Å². The van der Waals surface area contributed by atoms with Crippen LogP contribution < -0.4 is 16.0 Å². The number of hydrogen-bond donors (Lipinski definition) is 3. The van der Waals surface area contributed by atoms with Crippen molar-refractivity contribution < 1.29 is 28.8 Å². The van der Waals surface area contributed by atoms with E-state index in [1.807, 2.05) is 0 Å². The number of carbonyl (C=O) groups is 6. The number of nitrogens with one attached hydrogen (secondary N) is 3. The lowest BCUT2D eigenvalue weighted by Gasteiger charge is -2.31. The summed E-state index contributed by atoms with van der Waals surface area (Å²) in [5.41, 5.74) is 9.61. The fraction of sp³-hybridized carbons (Fsp3) is 0.354. The summed E-state index contributed by atoms with van der Waals surface area (Å²) >= 11 is 8.16. The first-order chi connectivity index (χ1) is 50.3. The zero-order valence-electron chi connectivity index (χ0n) is 57.2. The van der Waals surface area contributed by atoms with Crippen molar-refractivity contribution in [2.24, 2.45) is 17.8 Å². The van der Waals surface area contributed by atoms with Gasteiger partial charge in [0.25, 0.3) is 0 Å². The molecule has 3 saturated carbocycles. The van der Waals surface area contributed by atoms with Gasteiger partial charge in [-0.05, 0) is 244 Å². The molecule has 9 aromatic rings. The van der Waals surface area contributed by atoms with Gasteiger partial charge in [0.2, 0.25) is 15.3 Å². The van der Waals surface area contributed by atoms with Crippen LogP contribution in [0.2, 0.25) is 0 Å². The highest BCUT2D eigenvalue weighted by Crippen LogP contribution is 2.36. The van der Waals surface area contributed by atoms with Crippen molar-refractivity contribution in [2.75, 3.05) is 0 Å². The molecule has 6 fully saturated rings. The number of carbonyl (C=O) groups excluding carboxylic acids is 6. The molecule has 9 aromatic heterocycles. The molecule has 24 heteroatoms. The molecule has 3 saturated heterocycles. The van der Waals surface area contributed by atoms with Gasteiger partial charge < -0.3 is 16.0 Å². The highest BCUT2D eigenvalue weighted by Gasteiger charge is 2.31. The Labute approximate surface area is 624 Å². The number of pyridine rings is 3. The molecule has 18 nitrogen and oxygen atoms in total. The van der Waals surface area contributed by atoms with E-state index in [0.717, 1.165) is 196 Å². The zero-order chi connectivity index (χ0) is 70.9. The van der Waals surface area contributed by atoms with Crippen LogP contribution in [0.1, 0.15) is 161 Å². The van der Waals surface area contributed by atoms with Gasteiger partial charge in [-0.25, -0.2) is 29.9 Å². The van der Waals surface area contributed by atoms with Crippen LogP contribution in [0.3, 0.4) is 0 Å². The molecule has 0 bridgehead atoms. The SMILES string of the molecule is CC(NC1CCC(Cc2nccc(/C=C3\SC(=O)CC3=O)n2)CC1)c1cccc(-c2ccsc2)n1.O=C1CC(=O)/C(=C/c2ccnc(CC3CCC(NCc4cccc(-c5cccs5)n4)CC3)n2)S1.O=C1CC(=O)/C(=C/c2ccnc(CC3CCC(NCc4cccc(-c5cccs5)n4)CC3)n2)S1. The van der Waals surface area contributed by atoms with E-state index in [1.54, 1.807) is 89.0 Å². The molecule has 528 valence electrons. The Hall–Kier alpha value is -8.04. The summed E-state index contributed by atoms with van der Waals surface area (Å²) in [7, 11) is 0. The Bertz CT molecular complexity index is 4350. The van der Waals surface area contributed by atoms with Gasteiger partial charge in [0, 0.05) is 86.1 Å². The Morgan fingerprint density at radius 2 is 0.835 bits per heavy atom. The van der Waals surface area contributed by atoms with E-state index in [4.69, 9.17) is 15.0 Å². The number of thiophene rings is 3. The lowest BCUT2D eigenvalue weighted by atomic mass is 9.83. The van der Waals surface area contributed by atoms with Crippen molar-refractivity contribution in [1.29, 1.82) is 0 Å². The number of hydrogen-bond acceptors (Lipinski definition) is 24. The minimum absolute atomic E-state index is 0.0121. The van der Waals surface area contributed by atoms with Crippen LogP contribution in [0.25, 0.3) is 50.6 Å². The third-order valence-corrected chi connectivity index (χ3v) is 24.5. The molecule has 0 amide bonds. The lowest BCUT2D eigenvalue weighted by molar-refractivity contribution is -0.120. The lowest BCUT2D eigenvalue weighted by Crippen LogP contribution is -2.35. The highest BCUT2D eigenvalue weighted by molar-refractivity contribution is 8.19. The van der Waals surface area contributed by atoms with Crippen molar-refractivity contribution in [3.8, 4) is 32.4 Å². The van der Waals surface area contributed by atoms with E-state index in [-0.39, 0.29) is 58.0 Å². The molecule has 15 rings (SSSR count). The van der Waals surface area contributed by atoms with E-state index in [9.17, 15) is 28.8 Å². The van der Waals surface area contributed by atoms with Gasteiger partial charge in [-0.2, -0.15) is 11.3 Å². The molecular formula is C79H80N12O6S6. The Kier molecular flexibility index (Phi) is 25.7.